The topological polar surface area (TPSA) is 70.5 Å². The first-order chi connectivity index (χ1) is 11.6. The van der Waals surface area contributed by atoms with E-state index in [9.17, 15) is 14.7 Å². The van der Waals surface area contributed by atoms with Gasteiger partial charge in [-0.1, -0.05) is 46.3 Å². The molecule has 5 nitrogen and oxygen atoms in total. The third kappa shape index (κ3) is 3.00. The maximum absolute atomic E-state index is 12.1. The number of halogens is 1. The lowest BCUT2D eigenvalue weighted by atomic mass is 10.1. The Balaban J connectivity index is 2.18. The fourth-order valence-electron chi connectivity index (χ4n) is 2.48. The van der Waals surface area contributed by atoms with Crippen LogP contribution in [0.15, 0.2) is 60.7 Å². The molecular formula is C18H13BrN2O3. The Kier molecular flexibility index (Phi) is 4.57. The number of carbonyl (C=O) groups is 2. The van der Waals surface area contributed by atoms with Gasteiger partial charge in [0.25, 0.3) is 0 Å². The predicted octanol–water partition coefficient (Wildman–Crippen LogP) is 4.63. The zero-order valence-corrected chi connectivity index (χ0v) is 14.1. The molecule has 0 saturated carbocycles. The van der Waals surface area contributed by atoms with Crippen LogP contribution in [0.5, 0.6) is 0 Å². The van der Waals surface area contributed by atoms with Crippen LogP contribution in [0.25, 0.3) is 10.9 Å². The van der Waals surface area contributed by atoms with E-state index >= 15 is 0 Å². The summed E-state index contributed by atoms with van der Waals surface area (Å²) in [5.41, 5.74) is 1.44. The molecule has 3 aromatic rings. The van der Waals surface area contributed by atoms with Crippen LogP contribution in [0.3, 0.4) is 0 Å². The molecule has 1 N–H and O–H groups in total. The first-order valence-corrected chi connectivity index (χ1v) is 8.31. The van der Waals surface area contributed by atoms with Gasteiger partial charge in [-0.2, -0.15) is 0 Å². The summed E-state index contributed by atoms with van der Waals surface area (Å²) in [6.07, 6.45) is -1.14. The minimum Gasteiger partial charge on any atom is -0.464 e. The highest BCUT2D eigenvalue weighted by atomic mass is 79.9. The molecular weight excluding hydrogens is 372 g/mol. The van der Waals surface area contributed by atoms with Crippen molar-refractivity contribution in [2.75, 3.05) is 10.2 Å². The van der Waals surface area contributed by atoms with Crippen LogP contribution in [0.4, 0.5) is 16.3 Å². The van der Waals surface area contributed by atoms with Crippen molar-refractivity contribution in [3.8, 4) is 0 Å². The number of rotatable bonds is 4. The number of amides is 1. The van der Waals surface area contributed by atoms with Crippen LogP contribution in [0.2, 0.25) is 0 Å². The van der Waals surface area contributed by atoms with Gasteiger partial charge in [0, 0.05) is 10.9 Å². The molecule has 3 rings (SSSR count). The summed E-state index contributed by atoms with van der Waals surface area (Å²) in [5, 5.41) is 10.5. The second-order valence-corrected chi connectivity index (χ2v) is 5.62. The van der Waals surface area contributed by atoms with Crippen molar-refractivity contribution >= 4 is 50.2 Å². The summed E-state index contributed by atoms with van der Waals surface area (Å²) in [5.74, 6) is 0.142. The van der Waals surface area contributed by atoms with Crippen LogP contribution >= 0.6 is 15.9 Å². The van der Waals surface area contributed by atoms with E-state index < -0.39 is 6.09 Å². The second-order valence-electron chi connectivity index (χ2n) is 5.06. The minimum absolute atomic E-state index is 0.105. The molecule has 1 aromatic heterocycles. The standard InChI is InChI=1S/C18H13BrN2O3/c19-11-15(22)14-8-4-5-12-9-10-16(20-17(12)14)21(18(23)24)13-6-2-1-3-7-13/h1-10H,11H2,(H,23,24). The van der Waals surface area contributed by atoms with Gasteiger partial charge in [0.05, 0.1) is 16.5 Å². The smallest absolute Gasteiger partial charge is 0.417 e. The quantitative estimate of drug-likeness (QED) is 0.525. The summed E-state index contributed by atoms with van der Waals surface area (Å²) < 4.78 is 0. The van der Waals surface area contributed by atoms with E-state index in [2.05, 4.69) is 20.9 Å². The van der Waals surface area contributed by atoms with E-state index in [1.54, 1.807) is 48.5 Å². The number of aromatic nitrogens is 1. The SMILES string of the molecule is O=C(CBr)c1cccc2ccc(N(C(=O)O)c3ccccc3)nc12. The van der Waals surface area contributed by atoms with Crippen molar-refractivity contribution < 1.29 is 14.7 Å². The maximum Gasteiger partial charge on any atom is 0.417 e. The van der Waals surface area contributed by atoms with Gasteiger partial charge in [0.15, 0.2) is 5.78 Å². The lowest BCUT2D eigenvalue weighted by Crippen LogP contribution is -2.24. The average Bonchev–Trinajstić information content (AvgIpc) is 2.61. The number of ketones is 1. The summed E-state index contributed by atoms with van der Waals surface area (Å²) in [6.45, 7) is 0. The van der Waals surface area contributed by atoms with E-state index in [1.807, 2.05) is 12.1 Å². The van der Waals surface area contributed by atoms with Gasteiger partial charge in [-0.15, -0.1) is 0 Å². The van der Waals surface area contributed by atoms with Gasteiger partial charge in [0.1, 0.15) is 5.82 Å². The molecule has 24 heavy (non-hydrogen) atoms. The Morgan fingerprint density at radius 2 is 1.75 bits per heavy atom. The minimum atomic E-state index is -1.14. The van der Waals surface area contributed by atoms with Crippen molar-refractivity contribution in [1.29, 1.82) is 0 Å². The number of nitrogens with zero attached hydrogens (tertiary/aromatic N) is 2. The van der Waals surface area contributed by atoms with Crippen molar-refractivity contribution in [3.63, 3.8) is 0 Å². The van der Waals surface area contributed by atoms with Crippen LogP contribution in [-0.2, 0) is 0 Å². The van der Waals surface area contributed by atoms with Crippen molar-refractivity contribution in [2.45, 2.75) is 0 Å². The number of carbonyl (C=O) groups excluding carboxylic acids is 1. The molecule has 0 atom stereocenters. The largest absolute Gasteiger partial charge is 0.464 e. The highest BCUT2D eigenvalue weighted by molar-refractivity contribution is 9.09. The van der Waals surface area contributed by atoms with E-state index in [0.29, 0.717) is 16.8 Å². The molecule has 1 amide bonds. The zero-order chi connectivity index (χ0) is 17.1. The number of anilines is 2. The molecule has 0 aliphatic heterocycles. The van der Waals surface area contributed by atoms with Crippen LogP contribution in [0.1, 0.15) is 10.4 Å². The predicted molar refractivity (Wildman–Crippen MR) is 96.5 cm³/mol. The van der Waals surface area contributed by atoms with Crippen LogP contribution in [0, 0.1) is 0 Å². The summed E-state index contributed by atoms with van der Waals surface area (Å²) in [4.78, 5) is 29.4. The van der Waals surface area contributed by atoms with E-state index in [1.165, 1.54) is 0 Å². The highest BCUT2D eigenvalue weighted by Gasteiger charge is 2.19. The highest BCUT2D eigenvalue weighted by Crippen LogP contribution is 2.27. The number of para-hydroxylation sites is 2. The Bertz CT molecular complexity index is 913. The third-order valence-electron chi connectivity index (χ3n) is 3.56. The normalized spacial score (nSPS) is 10.5. The molecule has 120 valence electrons. The van der Waals surface area contributed by atoms with Gasteiger partial charge in [-0.25, -0.2) is 14.7 Å². The number of Topliss-reactive ketones (excluding diaryl/α,β-unsaturated/α-hetero) is 1. The Morgan fingerprint density at radius 1 is 1.00 bits per heavy atom. The van der Waals surface area contributed by atoms with Gasteiger partial charge in [-0.05, 0) is 30.3 Å². The fraction of sp³-hybridized carbons (Fsp3) is 0.0556. The van der Waals surface area contributed by atoms with E-state index in [4.69, 9.17) is 0 Å². The molecule has 0 saturated heterocycles. The number of pyridine rings is 1. The molecule has 2 aromatic carbocycles. The second kappa shape index (κ2) is 6.80. The molecule has 0 unspecified atom stereocenters. The molecule has 1 heterocycles. The molecule has 0 radical (unpaired) electrons. The molecule has 0 aliphatic carbocycles. The van der Waals surface area contributed by atoms with Crippen LogP contribution in [-0.4, -0.2) is 27.3 Å². The molecule has 0 bridgehead atoms. The van der Waals surface area contributed by atoms with E-state index in [-0.39, 0.29) is 16.9 Å². The number of alkyl halides is 1. The Morgan fingerprint density at radius 3 is 2.42 bits per heavy atom. The monoisotopic (exact) mass is 384 g/mol. The number of hydrogen-bond donors (Lipinski definition) is 1. The fourth-order valence-corrected chi connectivity index (χ4v) is 2.78. The molecule has 0 spiro atoms. The average molecular weight is 385 g/mol. The number of hydrogen-bond acceptors (Lipinski definition) is 3. The van der Waals surface area contributed by atoms with Crippen LogP contribution < -0.4 is 4.90 Å². The number of benzene rings is 2. The molecule has 0 fully saturated rings. The van der Waals surface area contributed by atoms with Gasteiger partial charge in [0.2, 0.25) is 0 Å². The maximum atomic E-state index is 12.1. The molecule has 0 aliphatic rings. The lowest BCUT2D eigenvalue weighted by molar-refractivity contribution is 0.102. The summed E-state index contributed by atoms with van der Waals surface area (Å²) >= 11 is 3.16. The summed E-state index contributed by atoms with van der Waals surface area (Å²) in [7, 11) is 0. The van der Waals surface area contributed by atoms with Crippen molar-refractivity contribution in [1.82, 2.24) is 4.98 Å². The van der Waals surface area contributed by atoms with Crippen molar-refractivity contribution in [2.24, 2.45) is 0 Å². The Hall–Kier alpha value is -2.73. The van der Waals surface area contributed by atoms with Crippen molar-refractivity contribution in [3.05, 3.63) is 66.2 Å². The Labute approximate surface area is 146 Å². The van der Waals surface area contributed by atoms with E-state index in [0.717, 1.165) is 10.3 Å². The number of fused-ring (bicyclic) bond motifs is 1. The number of carboxylic acid groups (broad SMARTS) is 1. The molecule has 6 heteroatoms. The van der Waals surface area contributed by atoms with Gasteiger partial charge < -0.3 is 5.11 Å². The summed E-state index contributed by atoms with van der Waals surface area (Å²) in [6, 6.07) is 17.4. The zero-order valence-electron chi connectivity index (χ0n) is 12.5. The third-order valence-corrected chi connectivity index (χ3v) is 4.07. The first-order valence-electron chi connectivity index (χ1n) is 7.19. The van der Waals surface area contributed by atoms with Gasteiger partial charge in [-0.3, -0.25) is 4.79 Å². The van der Waals surface area contributed by atoms with Gasteiger partial charge >= 0.3 is 6.09 Å². The first kappa shape index (κ1) is 16.1. The lowest BCUT2D eigenvalue weighted by Gasteiger charge is -2.19.